The number of carbonyl (C=O) groups excluding carboxylic acids is 2. The van der Waals surface area contributed by atoms with Gasteiger partial charge in [0, 0.05) is 22.3 Å². The normalized spacial score (nSPS) is 13.7. The Hall–Kier alpha value is -3.91. The maximum absolute atomic E-state index is 13.0. The van der Waals surface area contributed by atoms with Gasteiger partial charge in [-0.3, -0.25) is 9.59 Å². The summed E-state index contributed by atoms with van der Waals surface area (Å²) < 4.78 is 0.858. The highest BCUT2D eigenvalue weighted by atomic mass is 79.9. The number of carboxylic acids is 1. The lowest BCUT2D eigenvalue weighted by Crippen LogP contribution is -2.33. The molecule has 7 nitrogen and oxygen atoms in total. The lowest BCUT2D eigenvalue weighted by molar-refractivity contribution is -0.136. The third kappa shape index (κ3) is 7.55. The molecule has 0 bridgehead atoms. The first-order valence-corrected chi connectivity index (χ1v) is 13.4. The quantitative estimate of drug-likeness (QED) is 0.233. The minimum absolute atomic E-state index is 0.0542. The third-order valence-electron chi connectivity index (χ3n) is 6.39. The fourth-order valence-electron chi connectivity index (χ4n) is 4.43. The second kappa shape index (κ2) is 13.1. The van der Waals surface area contributed by atoms with Crippen LogP contribution in [0.5, 0.6) is 0 Å². The molecule has 3 aromatic rings. The Morgan fingerprint density at radius 2 is 1.63 bits per heavy atom. The smallest absolute Gasteiger partial charge is 0.319 e. The van der Waals surface area contributed by atoms with Crippen molar-refractivity contribution >= 4 is 45.1 Å². The first kappa shape index (κ1) is 27.1. The van der Waals surface area contributed by atoms with Crippen molar-refractivity contribution in [2.45, 2.75) is 38.1 Å². The Balaban J connectivity index is 1.55. The van der Waals surface area contributed by atoms with E-state index in [9.17, 15) is 14.4 Å². The van der Waals surface area contributed by atoms with E-state index in [0.717, 1.165) is 28.4 Å². The van der Waals surface area contributed by atoms with E-state index < -0.39 is 12.0 Å². The highest BCUT2D eigenvalue weighted by Gasteiger charge is 2.19. The maximum Gasteiger partial charge on any atom is 0.319 e. The zero-order valence-corrected chi connectivity index (χ0v) is 22.5. The molecule has 3 aromatic carbocycles. The number of nitrogens with one attached hydrogen (secondary N) is 3. The molecule has 3 amide bonds. The van der Waals surface area contributed by atoms with Gasteiger partial charge in [0.05, 0.1) is 12.5 Å². The van der Waals surface area contributed by atoms with E-state index >= 15 is 0 Å². The van der Waals surface area contributed by atoms with Crippen LogP contribution in [0.1, 0.15) is 65.2 Å². The predicted octanol–water partition coefficient (Wildman–Crippen LogP) is 6.52. The molecular formula is C30H30BrN3O4. The molecule has 0 heterocycles. The molecule has 0 saturated carbocycles. The van der Waals surface area contributed by atoms with Crippen molar-refractivity contribution in [3.63, 3.8) is 0 Å². The first-order chi connectivity index (χ1) is 18.4. The topological polar surface area (TPSA) is 108 Å². The van der Waals surface area contributed by atoms with Gasteiger partial charge in [-0.2, -0.15) is 0 Å². The standard InChI is InChI=1S/C30H30BrN3O4/c31-25-7-4-8-26(19-25)33-30(38)34-28(22-11-9-21(10-12-22)20-5-2-1-3-6-20)23-13-15-24(16-14-23)29(37)32-18-17-27(35)36/h4-5,7-16,19,28H,1-3,6,17-18H2,(H,32,37)(H,35,36)(H2,33,34,38). The van der Waals surface area contributed by atoms with Gasteiger partial charge in [0.15, 0.2) is 0 Å². The summed E-state index contributed by atoms with van der Waals surface area (Å²) >= 11 is 3.42. The average Bonchev–Trinajstić information content (AvgIpc) is 2.92. The van der Waals surface area contributed by atoms with Gasteiger partial charge in [0.2, 0.25) is 0 Å². The molecule has 1 aliphatic rings. The maximum atomic E-state index is 13.0. The number of urea groups is 1. The summed E-state index contributed by atoms with van der Waals surface area (Å²) in [5, 5.41) is 17.3. The molecule has 4 N–H and O–H groups in total. The average molecular weight is 576 g/mol. The van der Waals surface area contributed by atoms with Crippen molar-refractivity contribution in [3.8, 4) is 0 Å². The second-order valence-electron chi connectivity index (χ2n) is 9.16. The minimum atomic E-state index is -0.971. The SMILES string of the molecule is O=C(O)CCNC(=O)c1ccc(C(NC(=O)Nc2cccc(Br)c2)c2ccc(C3=CCCCC3)cc2)cc1. The number of halogens is 1. The van der Waals surface area contributed by atoms with Gasteiger partial charge in [-0.15, -0.1) is 0 Å². The molecule has 0 aromatic heterocycles. The number of carbonyl (C=O) groups is 3. The molecule has 0 spiro atoms. The van der Waals surface area contributed by atoms with Gasteiger partial charge in [-0.05, 0) is 78.3 Å². The molecule has 0 fully saturated rings. The van der Waals surface area contributed by atoms with E-state index in [4.69, 9.17) is 5.11 Å². The lowest BCUT2D eigenvalue weighted by atomic mass is 9.91. The van der Waals surface area contributed by atoms with E-state index in [-0.39, 0.29) is 24.9 Å². The zero-order valence-electron chi connectivity index (χ0n) is 20.9. The molecule has 0 saturated heterocycles. The summed E-state index contributed by atoms with van der Waals surface area (Å²) in [4.78, 5) is 36.1. The molecule has 1 atom stereocenters. The van der Waals surface area contributed by atoms with E-state index in [1.165, 1.54) is 24.0 Å². The van der Waals surface area contributed by atoms with E-state index in [2.05, 4.69) is 50.1 Å². The molecular weight excluding hydrogens is 546 g/mol. The monoisotopic (exact) mass is 575 g/mol. The summed E-state index contributed by atoms with van der Waals surface area (Å²) in [5.41, 5.74) is 5.34. The van der Waals surface area contributed by atoms with Crippen LogP contribution in [0.15, 0.2) is 83.3 Å². The summed E-state index contributed by atoms with van der Waals surface area (Å²) in [6.45, 7) is 0.0542. The van der Waals surface area contributed by atoms with E-state index in [1.54, 1.807) is 24.3 Å². The van der Waals surface area contributed by atoms with E-state index in [1.807, 2.05) is 36.4 Å². The number of benzene rings is 3. The van der Waals surface area contributed by atoms with Gasteiger partial charge in [-0.1, -0.05) is 64.5 Å². The highest BCUT2D eigenvalue weighted by Crippen LogP contribution is 2.29. The predicted molar refractivity (Wildman–Crippen MR) is 152 cm³/mol. The molecule has 38 heavy (non-hydrogen) atoms. The zero-order chi connectivity index (χ0) is 26.9. The molecule has 0 aliphatic heterocycles. The van der Waals surface area contributed by atoms with Crippen molar-refractivity contribution in [3.05, 3.63) is 106 Å². The van der Waals surface area contributed by atoms with Crippen molar-refractivity contribution in [2.24, 2.45) is 0 Å². The number of hydrogen-bond donors (Lipinski definition) is 4. The van der Waals surface area contributed by atoms with Crippen LogP contribution in [-0.2, 0) is 4.79 Å². The number of aliphatic carboxylic acids is 1. The number of carboxylic acid groups (broad SMARTS) is 1. The number of hydrogen-bond acceptors (Lipinski definition) is 3. The molecule has 0 radical (unpaired) electrons. The van der Waals surface area contributed by atoms with Gasteiger partial charge < -0.3 is 21.1 Å². The Morgan fingerprint density at radius 1 is 0.921 bits per heavy atom. The summed E-state index contributed by atoms with van der Waals surface area (Å²) in [5.74, 6) is -1.32. The van der Waals surface area contributed by atoms with Gasteiger partial charge >= 0.3 is 12.0 Å². The molecule has 4 rings (SSSR count). The second-order valence-corrected chi connectivity index (χ2v) is 10.1. The number of anilines is 1. The number of allylic oxidation sites excluding steroid dienone is 2. The molecule has 8 heteroatoms. The van der Waals surface area contributed by atoms with Crippen molar-refractivity contribution < 1.29 is 19.5 Å². The summed E-state index contributed by atoms with van der Waals surface area (Å²) in [7, 11) is 0. The highest BCUT2D eigenvalue weighted by molar-refractivity contribution is 9.10. The first-order valence-electron chi connectivity index (χ1n) is 12.6. The van der Waals surface area contributed by atoms with Crippen LogP contribution in [-0.4, -0.2) is 29.6 Å². The molecule has 1 aliphatic carbocycles. The van der Waals surface area contributed by atoms with Crippen LogP contribution in [0.25, 0.3) is 5.57 Å². The van der Waals surface area contributed by atoms with Gasteiger partial charge in [0.25, 0.3) is 5.91 Å². The fraction of sp³-hybridized carbons (Fsp3) is 0.233. The Morgan fingerprint density at radius 3 is 2.26 bits per heavy atom. The fourth-order valence-corrected chi connectivity index (χ4v) is 4.82. The third-order valence-corrected chi connectivity index (χ3v) is 6.89. The van der Waals surface area contributed by atoms with Crippen LogP contribution in [0.3, 0.4) is 0 Å². The minimum Gasteiger partial charge on any atom is -0.481 e. The van der Waals surface area contributed by atoms with Crippen LogP contribution in [0.4, 0.5) is 10.5 Å². The Kier molecular flexibility index (Phi) is 9.32. The lowest BCUT2D eigenvalue weighted by Gasteiger charge is -2.21. The number of amides is 3. The van der Waals surface area contributed by atoms with Crippen LogP contribution in [0.2, 0.25) is 0 Å². The largest absolute Gasteiger partial charge is 0.481 e. The Labute approximate surface area is 230 Å². The van der Waals surface area contributed by atoms with Crippen LogP contribution < -0.4 is 16.0 Å². The molecule has 1 unspecified atom stereocenters. The van der Waals surface area contributed by atoms with Crippen LogP contribution in [0, 0.1) is 0 Å². The Bertz CT molecular complexity index is 1320. The van der Waals surface area contributed by atoms with Crippen molar-refractivity contribution in [1.82, 2.24) is 10.6 Å². The van der Waals surface area contributed by atoms with Crippen molar-refractivity contribution in [1.29, 1.82) is 0 Å². The summed E-state index contributed by atoms with van der Waals surface area (Å²) in [6, 6.07) is 21.7. The van der Waals surface area contributed by atoms with Gasteiger partial charge in [0.1, 0.15) is 0 Å². The number of rotatable bonds is 9. The van der Waals surface area contributed by atoms with Gasteiger partial charge in [-0.25, -0.2) is 4.79 Å². The van der Waals surface area contributed by atoms with E-state index in [0.29, 0.717) is 11.3 Å². The molecule has 196 valence electrons. The van der Waals surface area contributed by atoms with Crippen molar-refractivity contribution in [2.75, 3.05) is 11.9 Å². The van der Waals surface area contributed by atoms with Crippen LogP contribution >= 0.6 is 15.9 Å². The summed E-state index contributed by atoms with van der Waals surface area (Å²) in [6.07, 6.45) is 6.77.